The number of allylic oxidation sites excluding steroid dienone is 2. The molecule has 0 radical (unpaired) electrons. The summed E-state index contributed by atoms with van der Waals surface area (Å²) >= 11 is 0. The summed E-state index contributed by atoms with van der Waals surface area (Å²) in [5.74, 6) is 0. The molecule has 13 heavy (non-hydrogen) atoms. The zero-order valence-electron chi connectivity index (χ0n) is 9.65. The van der Waals surface area contributed by atoms with Crippen LogP contribution in [0, 0.1) is 0 Å². The zero-order chi connectivity index (χ0) is 8.69. The third-order valence-electron chi connectivity index (χ3n) is 2.24. The van der Waals surface area contributed by atoms with Gasteiger partial charge in [-0.15, -0.1) is 12.4 Å². The van der Waals surface area contributed by atoms with Crippen LogP contribution in [0.5, 0.6) is 0 Å². The Morgan fingerprint density at radius 1 is 0.923 bits per heavy atom. The van der Waals surface area contributed by atoms with Gasteiger partial charge in [-0.25, -0.2) is 0 Å². The van der Waals surface area contributed by atoms with E-state index >= 15 is 0 Å². The van der Waals surface area contributed by atoms with Crippen molar-refractivity contribution in [3.05, 3.63) is 11.1 Å². The van der Waals surface area contributed by atoms with Crippen LogP contribution in [0.4, 0.5) is 0 Å². The quantitative estimate of drug-likeness (QED) is 0.640. The summed E-state index contributed by atoms with van der Waals surface area (Å²) in [5.41, 5.74) is 3.33. The fourth-order valence-corrected chi connectivity index (χ4v) is 1.41. The Labute approximate surface area is 90.0 Å². The molecule has 0 aromatic rings. The standard InChI is InChI=1S/C11H22.ClH.H3N/c1-5-8-11(9-6-2)10(4)7-3;;/h5-9H2,1-4H3;1H;1H3. The Morgan fingerprint density at radius 3 is 1.54 bits per heavy atom. The van der Waals surface area contributed by atoms with Crippen molar-refractivity contribution in [3.63, 3.8) is 0 Å². The van der Waals surface area contributed by atoms with Crippen molar-refractivity contribution in [1.82, 2.24) is 6.15 Å². The van der Waals surface area contributed by atoms with E-state index in [-0.39, 0.29) is 18.6 Å². The molecule has 82 valence electrons. The molecule has 0 saturated heterocycles. The summed E-state index contributed by atoms with van der Waals surface area (Å²) in [7, 11) is 0. The highest BCUT2D eigenvalue weighted by Gasteiger charge is 1.98. The molecule has 0 spiro atoms. The molecule has 3 N–H and O–H groups in total. The van der Waals surface area contributed by atoms with Crippen LogP contribution in [0.2, 0.25) is 0 Å². The van der Waals surface area contributed by atoms with Crippen LogP contribution in [0.1, 0.15) is 59.8 Å². The Hall–Kier alpha value is -0.0100. The molecule has 0 amide bonds. The largest absolute Gasteiger partial charge is 0.344 e. The first-order valence-corrected chi connectivity index (χ1v) is 4.93. The van der Waals surface area contributed by atoms with Crippen LogP contribution in [0.3, 0.4) is 0 Å². The maximum absolute atomic E-state index is 2.28. The Kier molecular flexibility index (Phi) is 17.3. The van der Waals surface area contributed by atoms with Gasteiger partial charge in [0.25, 0.3) is 0 Å². The van der Waals surface area contributed by atoms with Gasteiger partial charge in [0.1, 0.15) is 0 Å². The molecule has 0 aliphatic rings. The van der Waals surface area contributed by atoms with Gasteiger partial charge in [-0.3, -0.25) is 0 Å². The molecule has 0 aliphatic carbocycles. The topological polar surface area (TPSA) is 35.0 Å². The molecule has 0 aromatic heterocycles. The van der Waals surface area contributed by atoms with Crippen molar-refractivity contribution in [2.45, 2.75) is 59.8 Å². The van der Waals surface area contributed by atoms with Crippen molar-refractivity contribution in [2.24, 2.45) is 0 Å². The van der Waals surface area contributed by atoms with Gasteiger partial charge < -0.3 is 6.15 Å². The van der Waals surface area contributed by atoms with Crippen molar-refractivity contribution < 1.29 is 0 Å². The SMILES string of the molecule is CCCC(CCC)=C(C)CC.Cl.N. The monoisotopic (exact) mass is 207 g/mol. The van der Waals surface area contributed by atoms with E-state index < -0.39 is 0 Å². The summed E-state index contributed by atoms with van der Waals surface area (Å²) in [5, 5.41) is 0. The first-order chi connectivity index (χ1) is 5.26. The van der Waals surface area contributed by atoms with Crippen LogP contribution >= 0.6 is 12.4 Å². The van der Waals surface area contributed by atoms with Crippen molar-refractivity contribution in [2.75, 3.05) is 0 Å². The van der Waals surface area contributed by atoms with E-state index in [9.17, 15) is 0 Å². The lowest BCUT2D eigenvalue weighted by molar-refractivity contribution is 0.779. The van der Waals surface area contributed by atoms with Gasteiger partial charge in [0.05, 0.1) is 0 Å². The third kappa shape index (κ3) is 8.32. The molecule has 0 rings (SSSR count). The normalized spacial score (nSPS) is 8.31. The lowest BCUT2D eigenvalue weighted by Crippen LogP contribution is -1.88. The van der Waals surface area contributed by atoms with Gasteiger partial charge in [-0.1, -0.05) is 44.8 Å². The molecule has 0 aliphatic heterocycles. The fraction of sp³-hybridized carbons (Fsp3) is 0.818. The molecule has 0 heterocycles. The summed E-state index contributed by atoms with van der Waals surface area (Å²) in [6.45, 7) is 9.05. The average Bonchev–Trinajstić information content (AvgIpc) is 2.03. The van der Waals surface area contributed by atoms with Crippen molar-refractivity contribution in [3.8, 4) is 0 Å². The van der Waals surface area contributed by atoms with E-state index in [1.54, 1.807) is 11.1 Å². The molecular formula is C11H26ClN. The second kappa shape index (κ2) is 12.0. The molecule has 1 nitrogen and oxygen atoms in total. The first-order valence-electron chi connectivity index (χ1n) is 4.93. The zero-order valence-corrected chi connectivity index (χ0v) is 10.5. The highest BCUT2D eigenvalue weighted by molar-refractivity contribution is 5.85. The van der Waals surface area contributed by atoms with Gasteiger partial charge in [-0.2, -0.15) is 0 Å². The highest BCUT2D eigenvalue weighted by atomic mass is 35.5. The van der Waals surface area contributed by atoms with Crippen LogP contribution in [0.25, 0.3) is 0 Å². The minimum Gasteiger partial charge on any atom is -0.344 e. The van der Waals surface area contributed by atoms with Gasteiger partial charge >= 0.3 is 0 Å². The lowest BCUT2D eigenvalue weighted by atomic mass is 9.99. The smallest absolute Gasteiger partial charge is 0.0320 e. The molecule has 2 heteroatoms. The van der Waals surface area contributed by atoms with Crippen LogP contribution in [-0.2, 0) is 0 Å². The number of halogens is 1. The van der Waals surface area contributed by atoms with Gasteiger partial charge in [-0.05, 0) is 26.2 Å². The van der Waals surface area contributed by atoms with Crippen molar-refractivity contribution in [1.29, 1.82) is 0 Å². The highest BCUT2D eigenvalue weighted by Crippen LogP contribution is 2.18. The van der Waals surface area contributed by atoms with E-state index in [2.05, 4.69) is 27.7 Å². The Bertz CT molecular complexity index is 122. The fourth-order valence-electron chi connectivity index (χ4n) is 1.41. The molecular weight excluding hydrogens is 182 g/mol. The van der Waals surface area contributed by atoms with Crippen LogP contribution in [0.15, 0.2) is 11.1 Å². The Morgan fingerprint density at radius 2 is 1.31 bits per heavy atom. The summed E-state index contributed by atoms with van der Waals surface area (Å²) in [6, 6.07) is 0. The summed E-state index contributed by atoms with van der Waals surface area (Å²) in [6.07, 6.45) is 6.45. The van der Waals surface area contributed by atoms with Gasteiger partial charge in [0.15, 0.2) is 0 Å². The molecule has 0 unspecified atom stereocenters. The van der Waals surface area contributed by atoms with Gasteiger partial charge in [0.2, 0.25) is 0 Å². The van der Waals surface area contributed by atoms with E-state index in [0.29, 0.717) is 0 Å². The first kappa shape index (κ1) is 18.7. The predicted molar refractivity (Wildman–Crippen MR) is 65.1 cm³/mol. The average molecular weight is 208 g/mol. The van der Waals surface area contributed by atoms with Crippen molar-refractivity contribution >= 4 is 12.4 Å². The number of hydrogen-bond donors (Lipinski definition) is 1. The molecule has 0 saturated carbocycles. The molecule has 0 aromatic carbocycles. The Balaban J connectivity index is -0.000000500. The van der Waals surface area contributed by atoms with Crippen LogP contribution < -0.4 is 6.15 Å². The molecule has 0 atom stereocenters. The van der Waals surface area contributed by atoms with Gasteiger partial charge in [0, 0.05) is 0 Å². The van der Waals surface area contributed by atoms with E-state index in [0.717, 1.165) is 0 Å². The maximum Gasteiger partial charge on any atom is -0.0320 e. The third-order valence-corrected chi connectivity index (χ3v) is 2.24. The second-order valence-electron chi connectivity index (χ2n) is 3.24. The molecule has 0 bridgehead atoms. The number of hydrogen-bond acceptors (Lipinski definition) is 1. The second-order valence-corrected chi connectivity index (χ2v) is 3.24. The van der Waals surface area contributed by atoms with E-state index in [4.69, 9.17) is 0 Å². The van der Waals surface area contributed by atoms with E-state index in [1.807, 2.05) is 0 Å². The predicted octanol–water partition coefficient (Wildman–Crippen LogP) is 4.90. The van der Waals surface area contributed by atoms with Crippen LogP contribution in [-0.4, -0.2) is 0 Å². The maximum atomic E-state index is 2.28. The lowest BCUT2D eigenvalue weighted by Gasteiger charge is -2.08. The molecule has 0 fully saturated rings. The van der Waals surface area contributed by atoms with E-state index in [1.165, 1.54) is 32.1 Å². The number of rotatable bonds is 5. The minimum atomic E-state index is 0. The summed E-state index contributed by atoms with van der Waals surface area (Å²) < 4.78 is 0. The minimum absolute atomic E-state index is 0. The summed E-state index contributed by atoms with van der Waals surface area (Å²) in [4.78, 5) is 0.